The summed E-state index contributed by atoms with van der Waals surface area (Å²) in [4.78, 5) is 12.8. The topological polar surface area (TPSA) is 111 Å². The van der Waals surface area contributed by atoms with Gasteiger partial charge in [-0.1, -0.05) is 19.4 Å². The maximum Gasteiger partial charge on any atom is 0.222 e. The smallest absolute Gasteiger partial charge is 0.222 e. The molecule has 1 atom stereocenters. The molecule has 0 aliphatic rings. The molecular weight excluding hydrogens is 332 g/mol. The van der Waals surface area contributed by atoms with E-state index < -0.39 is 0 Å². The van der Waals surface area contributed by atoms with Gasteiger partial charge in [-0.15, -0.1) is 0 Å². The molecule has 0 saturated carbocycles. The lowest BCUT2D eigenvalue weighted by molar-refractivity contribution is 0.275. The fourth-order valence-corrected chi connectivity index (χ4v) is 2.79. The average molecular weight is 356 g/mol. The van der Waals surface area contributed by atoms with Gasteiger partial charge in [-0.3, -0.25) is 0 Å². The van der Waals surface area contributed by atoms with Crippen LogP contribution in [0.2, 0.25) is 0 Å². The molecule has 4 N–H and O–H groups in total. The molecule has 0 aromatic carbocycles. The fraction of sp³-hybridized carbons (Fsp3) is 0.389. The quantitative estimate of drug-likeness (QED) is 0.539. The number of imidazole rings is 1. The van der Waals surface area contributed by atoms with Crippen LogP contribution in [0.1, 0.15) is 31.9 Å². The van der Waals surface area contributed by atoms with Crippen molar-refractivity contribution in [2.75, 3.05) is 17.7 Å². The number of aliphatic hydroxyl groups excluding tert-OH is 1. The minimum absolute atomic E-state index is 0.0943. The van der Waals surface area contributed by atoms with E-state index in [0.717, 1.165) is 24.2 Å². The first-order valence-electron chi connectivity index (χ1n) is 8.75. The summed E-state index contributed by atoms with van der Waals surface area (Å²) in [5, 5.41) is 12.6. The van der Waals surface area contributed by atoms with Crippen molar-refractivity contribution in [2.45, 2.75) is 38.8 Å². The first-order chi connectivity index (χ1) is 12.7. The SMILES string of the molecule is CCC[C@@H](CCO)Nc1nc(N)ncc1OCc1cn2ccccc2n1. The maximum absolute atomic E-state index is 9.25. The van der Waals surface area contributed by atoms with Crippen molar-refractivity contribution in [2.24, 2.45) is 0 Å². The second kappa shape index (κ2) is 8.48. The summed E-state index contributed by atoms with van der Waals surface area (Å²) in [6.45, 7) is 2.50. The summed E-state index contributed by atoms with van der Waals surface area (Å²) >= 11 is 0. The maximum atomic E-state index is 9.25. The van der Waals surface area contributed by atoms with Crippen LogP contribution < -0.4 is 15.8 Å². The molecule has 0 spiro atoms. The number of aromatic nitrogens is 4. The molecule has 0 amide bonds. The summed E-state index contributed by atoms with van der Waals surface area (Å²) in [5.41, 5.74) is 7.40. The molecule has 0 aliphatic carbocycles. The Morgan fingerprint density at radius 2 is 2.19 bits per heavy atom. The first-order valence-corrected chi connectivity index (χ1v) is 8.75. The Hall–Kier alpha value is -2.87. The number of nitrogens with zero attached hydrogens (tertiary/aromatic N) is 4. The molecule has 8 heteroatoms. The van der Waals surface area contributed by atoms with Crippen molar-refractivity contribution in [1.29, 1.82) is 0 Å². The van der Waals surface area contributed by atoms with E-state index in [4.69, 9.17) is 10.5 Å². The molecule has 3 aromatic rings. The lowest BCUT2D eigenvalue weighted by Gasteiger charge is -2.19. The van der Waals surface area contributed by atoms with Crippen molar-refractivity contribution in [3.05, 3.63) is 42.5 Å². The first kappa shape index (κ1) is 17.9. The molecule has 0 aliphatic heterocycles. The van der Waals surface area contributed by atoms with Crippen LogP contribution in [-0.4, -0.2) is 37.1 Å². The fourth-order valence-electron chi connectivity index (χ4n) is 2.79. The second-order valence-electron chi connectivity index (χ2n) is 6.07. The minimum atomic E-state index is 0.0943. The third-order valence-corrected chi connectivity index (χ3v) is 4.02. The van der Waals surface area contributed by atoms with Gasteiger partial charge in [0.05, 0.1) is 11.9 Å². The number of fused-ring (bicyclic) bond motifs is 1. The van der Waals surface area contributed by atoms with Gasteiger partial charge in [-0.05, 0) is 25.0 Å². The zero-order valence-electron chi connectivity index (χ0n) is 14.8. The number of hydrogen-bond donors (Lipinski definition) is 3. The molecule has 0 saturated heterocycles. The molecule has 3 rings (SSSR count). The lowest BCUT2D eigenvalue weighted by Crippen LogP contribution is -2.22. The molecule has 3 heterocycles. The van der Waals surface area contributed by atoms with Crippen molar-refractivity contribution in [3.63, 3.8) is 0 Å². The van der Waals surface area contributed by atoms with E-state index in [-0.39, 0.29) is 18.6 Å². The molecule has 0 fully saturated rings. The van der Waals surface area contributed by atoms with Gasteiger partial charge >= 0.3 is 0 Å². The molecule has 138 valence electrons. The molecule has 26 heavy (non-hydrogen) atoms. The summed E-state index contributed by atoms with van der Waals surface area (Å²) in [6.07, 6.45) is 7.96. The number of ether oxygens (including phenoxy) is 1. The molecule has 3 aromatic heterocycles. The van der Waals surface area contributed by atoms with Crippen LogP contribution >= 0.6 is 0 Å². The van der Waals surface area contributed by atoms with E-state index in [1.54, 1.807) is 6.20 Å². The highest BCUT2D eigenvalue weighted by molar-refractivity contribution is 5.52. The number of anilines is 2. The summed E-state index contributed by atoms with van der Waals surface area (Å²) < 4.78 is 7.82. The van der Waals surface area contributed by atoms with E-state index in [2.05, 4.69) is 27.2 Å². The summed E-state index contributed by atoms with van der Waals surface area (Å²) in [7, 11) is 0. The van der Waals surface area contributed by atoms with Crippen molar-refractivity contribution < 1.29 is 9.84 Å². The molecule has 0 bridgehead atoms. The van der Waals surface area contributed by atoms with E-state index in [0.29, 0.717) is 24.6 Å². The zero-order chi connectivity index (χ0) is 18.4. The number of rotatable bonds is 9. The minimum Gasteiger partial charge on any atom is -0.482 e. The third kappa shape index (κ3) is 4.40. The Bertz CT molecular complexity index is 812. The van der Waals surface area contributed by atoms with Gasteiger partial charge in [0.2, 0.25) is 5.95 Å². The Morgan fingerprint density at radius 3 is 2.96 bits per heavy atom. The molecule has 0 radical (unpaired) electrons. The number of nitrogen functional groups attached to an aromatic ring is 1. The second-order valence-corrected chi connectivity index (χ2v) is 6.07. The Morgan fingerprint density at radius 1 is 1.31 bits per heavy atom. The predicted octanol–water partition coefficient (Wildman–Crippen LogP) is 2.25. The van der Waals surface area contributed by atoms with Crippen molar-refractivity contribution in [3.8, 4) is 5.75 Å². The van der Waals surface area contributed by atoms with Crippen LogP contribution in [0, 0.1) is 0 Å². The van der Waals surface area contributed by atoms with Crippen molar-refractivity contribution >= 4 is 17.4 Å². The number of nitrogens with two attached hydrogens (primary N) is 1. The normalized spacial score (nSPS) is 12.2. The van der Waals surface area contributed by atoms with Crippen molar-refractivity contribution in [1.82, 2.24) is 19.4 Å². The number of pyridine rings is 1. The van der Waals surface area contributed by atoms with Crippen LogP contribution in [0.15, 0.2) is 36.8 Å². The highest BCUT2D eigenvalue weighted by Gasteiger charge is 2.14. The van der Waals surface area contributed by atoms with E-state index in [1.807, 2.05) is 35.0 Å². The number of aliphatic hydroxyl groups is 1. The monoisotopic (exact) mass is 356 g/mol. The summed E-state index contributed by atoms with van der Waals surface area (Å²) in [5.74, 6) is 1.22. The van der Waals surface area contributed by atoms with Crippen LogP contribution in [0.4, 0.5) is 11.8 Å². The van der Waals surface area contributed by atoms with E-state index in [9.17, 15) is 5.11 Å². The van der Waals surface area contributed by atoms with Gasteiger partial charge in [0.15, 0.2) is 11.6 Å². The Balaban J connectivity index is 1.74. The van der Waals surface area contributed by atoms with Crippen LogP contribution in [0.25, 0.3) is 5.65 Å². The third-order valence-electron chi connectivity index (χ3n) is 4.02. The van der Waals surface area contributed by atoms with Gasteiger partial charge < -0.3 is 25.3 Å². The number of nitrogens with one attached hydrogen (secondary N) is 1. The summed E-state index contributed by atoms with van der Waals surface area (Å²) in [6, 6.07) is 5.92. The standard InChI is InChI=1S/C18H24N6O2/c1-2-5-13(7-9-25)22-17-15(10-20-18(19)23-17)26-12-14-11-24-8-4-3-6-16(24)21-14/h3-4,6,8,10-11,13,25H,2,5,7,9,12H2,1H3,(H3,19,20,22,23)/t13-/m0/s1. The van der Waals surface area contributed by atoms with E-state index >= 15 is 0 Å². The Kier molecular flexibility index (Phi) is 5.85. The predicted molar refractivity (Wildman–Crippen MR) is 100.0 cm³/mol. The van der Waals surface area contributed by atoms with Gasteiger partial charge in [0.1, 0.15) is 12.3 Å². The largest absolute Gasteiger partial charge is 0.482 e. The molecule has 0 unspecified atom stereocenters. The van der Waals surface area contributed by atoms with Crippen LogP contribution in [0.5, 0.6) is 5.75 Å². The van der Waals surface area contributed by atoms with Gasteiger partial charge in [0, 0.05) is 25.0 Å². The number of hydrogen-bond acceptors (Lipinski definition) is 7. The van der Waals surface area contributed by atoms with Crippen LogP contribution in [-0.2, 0) is 6.61 Å². The highest BCUT2D eigenvalue weighted by Crippen LogP contribution is 2.25. The van der Waals surface area contributed by atoms with Crippen LogP contribution in [0.3, 0.4) is 0 Å². The van der Waals surface area contributed by atoms with E-state index in [1.165, 1.54) is 0 Å². The van der Waals surface area contributed by atoms with Gasteiger partial charge in [-0.2, -0.15) is 4.98 Å². The molecule has 8 nitrogen and oxygen atoms in total. The Labute approximate surface area is 152 Å². The molecular formula is C18H24N6O2. The zero-order valence-corrected chi connectivity index (χ0v) is 14.8. The lowest BCUT2D eigenvalue weighted by atomic mass is 10.1. The average Bonchev–Trinajstić information content (AvgIpc) is 3.04. The van der Waals surface area contributed by atoms with Gasteiger partial charge in [0.25, 0.3) is 0 Å². The van der Waals surface area contributed by atoms with Gasteiger partial charge in [-0.25, -0.2) is 9.97 Å². The highest BCUT2D eigenvalue weighted by atomic mass is 16.5.